The third kappa shape index (κ3) is 0.918. The van der Waals surface area contributed by atoms with Crippen LogP contribution in [0.15, 0.2) is 5.16 Å². The van der Waals surface area contributed by atoms with Crippen LogP contribution in [0.3, 0.4) is 0 Å². The first-order chi connectivity index (χ1) is 3.43. The zero-order valence-corrected chi connectivity index (χ0v) is 4.35. The van der Waals surface area contributed by atoms with Gasteiger partial charge in [0.25, 0.3) is 0 Å². The van der Waals surface area contributed by atoms with Crippen LogP contribution in [0.25, 0.3) is 0 Å². The quantitative estimate of drug-likeness (QED) is 0.448. The molecule has 0 heterocycles. The van der Waals surface area contributed by atoms with Gasteiger partial charge in [-0.2, -0.15) is 0 Å². The molecule has 0 aromatic rings. The van der Waals surface area contributed by atoms with Crippen molar-refractivity contribution in [3.63, 3.8) is 0 Å². The molecule has 7 heavy (non-hydrogen) atoms. The maximum Gasteiger partial charge on any atom is 0.106 e. The van der Waals surface area contributed by atoms with Crippen molar-refractivity contribution >= 4 is 5.71 Å². The van der Waals surface area contributed by atoms with E-state index in [0.717, 1.165) is 12.1 Å². The van der Waals surface area contributed by atoms with E-state index >= 15 is 0 Å². The average molecular weight is 98.1 g/mol. The maximum absolute atomic E-state index is 4.50. The highest BCUT2D eigenvalue weighted by Crippen LogP contribution is 2.12. The molecule has 1 saturated carbocycles. The normalized spacial score (nSPS) is 24.4. The Hall–Kier alpha value is -0.530. The van der Waals surface area contributed by atoms with Gasteiger partial charge in [-0.15, -0.1) is 0 Å². The molecule has 0 N–H and O–H groups in total. The van der Waals surface area contributed by atoms with Crippen LogP contribution >= 0.6 is 0 Å². The van der Waals surface area contributed by atoms with Crippen LogP contribution in [0, 0.1) is 6.42 Å². The van der Waals surface area contributed by atoms with Crippen LogP contribution in [0.4, 0.5) is 0 Å². The van der Waals surface area contributed by atoms with E-state index in [2.05, 4.69) is 16.4 Å². The fraction of sp³-hybridized carbons (Fsp3) is 0.600. The molecule has 2 heteroatoms. The van der Waals surface area contributed by atoms with Gasteiger partial charge in [-0.3, -0.25) is 0 Å². The van der Waals surface area contributed by atoms with Gasteiger partial charge in [0, 0.05) is 6.42 Å². The summed E-state index contributed by atoms with van der Waals surface area (Å²) >= 11 is 0. The standard InChI is InChI=1S/C5H8NO/c1-7-6-5-3-2-4-5/h3H,2,4H2,1H3. The Morgan fingerprint density at radius 3 is 2.71 bits per heavy atom. The Balaban J connectivity index is 2.23. The molecule has 0 spiro atoms. The lowest BCUT2D eigenvalue weighted by Gasteiger charge is -2.11. The van der Waals surface area contributed by atoms with Gasteiger partial charge in [0.05, 0.1) is 5.71 Å². The lowest BCUT2D eigenvalue weighted by molar-refractivity contribution is 0.211. The molecule has 39 valence electrons. The van der Waals surface area contributed by atoms with Crippen LogP contribution in [-0.4, -0.2) is 12.8 Å². The minimum Gasteiger partial charge on any atom is -0.399 e. The number of oxime groups is 1. The third-order valence-electron chi connectivity index (χ3n) is 0.989. The molecule has 2 nitrogen and oxygen atoms in total. The van der Waals surface area contributed by atoms with E-state index in [-0.39, 0.29) is 0 Å². The summed E-state index contributed by atoms with van der Waals surface area (Å²) < 4.78 is 0. The van der Waals surface area contributed by atoms with E-state index in [4.69, 9.17) is 0 Å². The Morgan fingerprint density at radius 1 is 1.86 bits per heavy atom. The highest BCUT2D eigenvalue weighted by molar-refractivity contribution is 5.97. The second kappa shape index (κ2) is 1.96. The Kier molecular flexibility index (Phi) is 1.29. The highest BCUT2D eigenvalue weighted by Gasteiger charge is 2.09. The van der Waals surface area contributed by atoms with Crippen LogP contribution in [0.5, 0.6) is 0 Å². The molecule has 1 aliphatic rings. The highest BCUT2D eigenvalue weighted by atomic mass is 16.6. The van der Waals surface area contributed by atoms with Gasteiger partial charge in [0.1, 0.15) is 7.11 Å². The van der Waals surface area contributed by atoms with E-state index in [1.54, 1.807) is 7.11 Å². The van der Waals surface area contributed by atoms with Crippen molar-refractivity contribution in [2.45, 2.75) is 12.8 Å². The topological polar surface area (TPSA) is 21.6 Å². The lowest BCUT2D eigenvalue weighted by atomic mass is 9.98. The largest absolute Gasteiger partial charge is 0.399 e. The first-order valence-electron chi connectivity index (χ1n) is 2.36. The maximum atomic E-state index is 4.50. The first-order valence-corrected chi connectivity index (χ1v) is 2.36. The monoisotopic (exact) mass is 98.1 g/mol. The zero-order chi connectivity index (χ0) is 5.11. The van der Waals surface area contributed by atoms with Crippen LogP contribution in [-0.2, 0) is 4.84 Å². The number of hydrogen-bond acceptors (Lipinski definition) is 2. The summed E-state index contributed by atoms with van der Waals surface area (Å²) in [6.45, 7) is 0. The molecular weight excluding hydrogens is 90.1 g/mol. The number of hydrogen-bond donors (Lipinski definition) is 0. The molecule has 1 aliphatic carbocycles. The van der Waals surface area contributed by atoms with Crippen LogP contribution in [0.1, 0.15) is 12.8 Å². The minimum atomic E-state index is 1.09. The minimum absolute atomic E-state index is 1.09. The van der Waals surface area contributed by atoms with Gasteiger partial charge in [0.15, 0.2) is 0 Å². The SMILES string of the molecule is CON=C1[CH]CC1. The van der Waals surface area contributed by atoms with Crippen LogP contribution in [0.2, 0.25) is 0 Å². The van der Waals surface area contributed by atoms with Gasteiger partial charge in [-0.25, -0.2) is 0 Å². The molecule has 0 bridgehead atoms. The van der Waals surface area contributed by atoms with Gasteiger partial charge in [-0.1, -0.05) is 5.16 Å². The molecule has 0 atom stereocenters. The Morgan fingerprint density at radius 2 is 2.57 bits per heavy atom. The molecule has 0 amide bonds. The summed E-state index contributed by atoms with van der Waals surface area (Å²) in [6, 6.07) is 0. The van der Waals surface area contributed by atoms with Crippen molar-refractivity contribution < 1.29 is 4.84 Å². The van der Waals surface area contributed by atoms with E-state index in [1.807, 2.05) is 0 Å². The Bertz CT molecular complexity index is 82.1. The van der Waals surface area contributed by atoms with Crippen LogP contribution < -0.4 is 0 Å². The fourth-order valence-corrected chi connectivity index (χ4v) is 0.474. The predicted octanol–water partition coefficient (Wildman–Crippen LogP) is 0.987. The fourth-order valence-electron chi connectivity index (χ4n) is 0.474. The summed E-state index contributed by atoms with van der Waals surface area (Å²) in [5, 5.41) is 3.69. The van der Waals surface area contributed by atoms with Crippen molar-refractivity contribution in [3.8, 4) is 0 Å². The summed E-state index contributed by atoms with van der Waals surface area (Å²) in [5.74, 6) is 0. The zero-order valence-electron chi connectivity index (χ0n) is 4.35. The molecule has 1 radical (unpaired) electrons. The molecule has 1 rings (SSSR count). The predicted molar refractivity (Wildman–Crippen MR) is 28.0 cm³/mol. The van der Waals surface area contributed by atoms with Crippen molar-refractivity contribution in [3.05, 3.63) is 6.42 Å². The molecule has 1 fully saturated rings. The van der Waals surface area contributed by atoms with E-state index in [0.29, 0.717) is 0 Å². The van der Waals surface area contributed by atoms with E-state index in [9.17, 15) is 0 Å². The summed E-state index contributed by atoms with van der Waals surface area (Å²) in [5.41, 5.74) is 1.09. The van der Waals surface area contributed by atoms with Gasteiger partial charge in [0.2, 0.25) is 0 Å². The molecule has 0 unspecified atom stereocenters. The van der Waals surface area contributed by atoms with Gasteiger partial charge >= 0.3 is 0 Å². The van der Waals surface area contributed by atoms with Gasteiger partial charge in [-0.05, 0) is 12.8 Å². The van der Waals surface area contributed by atoms with E-state index < -0.39 is 0 Å². The Labute approximate surface area is 43.2 Å². The molecule has 0 aromatic heterocycles. The van der Waals surface area contributed by atoms with Gasteiger partial charge < -0.3 is 4.84 Å². The lowest BCUT2D eigenvalue weighted by Crippen LogP contribution is -2.10. The third-order valence-corrected chi connectivity index (χ3v) is 0.989. The average Bonchev–Trinajstić information content (AvgIpc) is 1.55. The summed E-state index contributed by atoms with van der Waals surface area (Å²) in [6.07, 6.45) is 4.32. The summed E-state index contributed by atoms with van der Waals surface area (Å²) in [7, 11) is 1.57. The van der Waals surface area contributed by atoms with Crippen molar-refractivity contribution in [2.75, 3.05) is 7.11 Å². The second-order valence-electron chi connectivity index (χ2n) is 1.51. The molecule has 0 aliphatic heterocycles. The first kappa shape index (κ1) is 4.62. The summed E-state index contributed by atoms with van der Waals surface area (Å²) in [4.78, 5) is 4.50. The van der Waals surface area contributed by atoms with Crippen molar-refractivity contribution in [2.24, 2.45) is 5.16 Å². The van der Waals surface area contributed by atoms with E-state index in [1.165, 1.54) is 6.42 Å². The molecule has 0 saturated heterocycles. The van der Waals surface area contributed by atoms with Crippen molar-refractivity contribution in [1.29, 1.82) is 0 Å². The number of rotatable bonds is 1. The second-order valence-corrected chi connectivity index (χ2v) is 1.51. The molecule has 0 aromatic carbocycles. The molecular formula is C5H8NO. The smallest absolute Gasteiger partial charge is 0.106 e. The number of nitrogens with zero attached hydrogens (tertiary/aromatic N) is 1. The van der Waals surface area contributed by atoms with Crippen molar-refractivity contribution in [1.82, 2.24) is 0 Å².